The van der Waals surface area contributed by atoms with Gasteiger partial charge >= 0.3 is 0 Å². The maximum Gasteiger partial charge on any atom is 0.0703 e. The van der Waals surface area contributed by atoms with Crippen molar-refractivity contribution >= 4 is 0 Å². The lowest BCUT2D eigenvalue weighted by atomic mass is 10.0. The Bertz CT molecular complexity index is 180. The summed E-state index contributed by atoms with van der Waals surface area (Å²) < 4.78 is 5.54. The highest BCUT2D eigenvalue weighted by Crippen LogP contribution is 2.14. The molecule has 1 unspecified atom stereocenters. The van der Waals surface area contributed by atoms with Crippen LogP contribution in [0.25, 0.3) is 0 Å². The first-order chi connectivity index (χ1) is 7.01. The molecule has 0 aromatic heterocycles. The summed E-state index contributed by atoms with van der Waals surface area (Å²) in [6.07, 6.45) is 2.53. The van der Waals surface area contributed by atoms with Crippen molar-refractivity contribution in [1.82, 2.24) is 4.90 Å². The molecule has 1 rings (SSSR count). The van der Waals surface area contributed by atoms with E-state index in [0.717, 1.165) is 32.5 Å². The van der Waals surface area contributed by atoms with Crippen molar-refractivity contribution in [3.8, 4) is 0 Å². The topological polar surface area (TPSA) is 58.7 Å². The number of likely N-dealkylation sites (tertiary alicyclic amines) is 1. The van der Waals surface area contributed by atoms with Crippen molar-refractivity contribution in [2.75, 3.05) is 32.8 Å². The third kappa shape index (κ3) is 5.47. The molecule has 1 atom stereocenters. The van der Waals surface area contributed by atoms with E-state index in [1.54, 1.807) is 0 Å². The average molecular weight is 216 g/mol. The van der Waals surface area contributed by atoms with Crippen LogP contribution in [0.15, 0.2) is 0 Å². The van der Waals surface area contributed by atoms with Crippen LogP contribution in [0.2, 0.25) is 0 Å². The molecule has 0 amide bonds. The molecule has 3 N–H and O–H groups in total. The highest BCUT2D eigenvalue weighted by molar-refractivity contribution is 4.81. The van der Waals surface area contributed by atoms with Gasteiger partial charge in [-0.25, -0.2) is 0 Å². The Morgan fingerprint density at radius 2 is 2.27 bits per heavy atom. The Labute approximate surface area is 92.4 Å². The van der Waals surface area contributed by atoms with Gasteiger partial charge in [0, 0.05) is 18.6 Å². The number of aliphatic hydroxyl groups excluding tert-OH is 1. The Morgan fingerprint density at radius 1 is 1.53 bits per heavy atom. The molecule has 0 aliphatic carbocycles. The van der Waals surface area contributed by atoms with Gasteiger partial charge in [0.25, 0.3) is 0 Å². The average Bonchev–Trinajstić information content (AvgIpc) is 2.12. The molecule has 0 bridgehead atoms. The fourth-order valence-electron chi connectivity index (χ4n) is 2.09. The third-order valence-electron chi connectivity index (χ3n) is 2.54. The highest BCUT2D eigenvalue weighted by Gasteiger charge is 2.23. The van der Waals surface area contributed by atoms with Crippen molar-refractivity contribution in [1.29, 1.82) is 0 Å². The van der Waals surface area contributed by atoms with Crippen molar-refractivity contribution < 1.29 is 9.84 Å². The summed E-state index contributed by atoms with van der Waals surface area (Å²) in [6.45, 7) is 7.62. The van der Waals surface area contributed by atoms with Crippen molar-refractivity contribution in [2.24, 2.45) is 5.73 Å². The second kappa shape index (κ2) is 5.80. The van der Waals surface area contributed by atoms with Crippen LogP contribution in [0.4, 0.5) is 0 Å². The first kappa shape index (κ1) is 12.9. The van der Waals surface area contributed by atoms with E-state index in [0.29, 0.717) is 6.61 Å². The summed E-state index contributed by atoms with van der Waals surface area (Å²) in [5, 5.41) is 8.69. The zero-order chi connectivity index (χ0) is 11.3. The first-order valence-corrected chi connectivity index (χ1v) is 5.75. The summed E-state index contributed by atoms with van der Waals surface area (Å²) in [4.78, 5) is 2.35. The molecule has 0 aromatic carbocycles. The Hall–Kier alpha value is -0.160. The molecule has 90 valence electrons. The van der Waals surface area contributed by atoms with E-state index >= 15 is 0 Å². The number of nitrogens with zero attached hydrogens (tertiary/aromatic N) is 1. The maximum atomic E-state index is 8.69. The second-order valence-corrected chi connectivity index (χ2v) is 5.08. The second-order valence-electron chi connectivity index (χ2n) is 5.08. The molecule has 4 heteroatoms. The molecule has 0 saturated carbocycles. The van der Waals surface area contributed by atoms with E-state index in [-0.39, 0.29) is 18.2 Å². The summed E-state index contributed by atoms with van der Waals surface area (Å²) in [7, 11) is 0. The largest absolute Gasteiger partial charge is 0.394 e. The predicted molar refractivity (Wildman–Crippen MR) is 60.8 cm³/mol. The third-order valence-corrected chi connectivity index (χ3v) is 2.54. The molecule has 1 aliphatic heterocycles. The minimum absolute atomic E-state index is 0.110. The fraction of sp³-hybridized carbons (Fsp3) is 1.00. The van der Waals surface area contributed by atoms with Gasteiger partial charge in [-0.05, 0) is 33.2 Å². The normalized spacial score (nSPS) is 24.4. The summed E-state index contributed by atoms with van der Waals surface area (Å²) in [5.41, 5.74) is 5.85. The molecular weight excluding hydrogens is 192 g/mol. The number of aliphatic hydroxyl groups is 1. The van der Waals surface area contributed by atoms with Gasteiger partial charge in [-0.3, -0.25) is 4.90 Å². The molecule has 0 aromatic rings. The van der Waals surface area contributed by atoms with Crippen LogP contribution in [-0.2, 0) is 4.74 Å². The molecule has 1 saturated heterocycles. The Balaban J connectivity index is 2.29. The van der Waals surface area contributed by atoms with Crippen LogP contribution >= 0.6 is 0 Å². The van der Waals surface area contributed by atoms with E-state index in [2.05, 4.69) is 4.90 Å². The first-order valence-electron chi connectivity index (χ1n) is 5.75. The van der Waals surface area contributed by atoms with Crippen LogP contribution in [-0.4, -0.2) is 54.5 Å². The van der Waals surface area contributed by atoms with Gasteiger partial charge in [0.1, 0.15) is 0 Å². The van der Waals surface area contributed by atoms with E-state index in [1.807, 2.05) is 13.8 Å². The van der Waals surface area contributed by atoms with Gasteiger partial charge in [0.05, 0.1) is 19.3 Å². The Morgan fingerprint density at radius 3 is 2.87 bits per heavy atom. The lowest BCUT2D eigenvalue weighted by molar-refractivity contribution is -0.0176. The standard InChI is InChI=1S/C11H24N2O2/c1-11(2,12)9-13-5-3-4-10(8-13)15-7-6-14/h10,14H,3-9,12H2,1-2H3. The maximum absolute atomic E-state index is 8.69. The lowest BCUT2D eigenvalue weighted by Gasteiger charge is -2.36. The smallest absolute Gasteiger partial charge is 0.0703 e. The van der Waals surface area contributed by atoms with Crippen LogP contribution in [0.5, 0.6) is 0 Å². The predicted octanol–water partition coefficient (Wildman–Crippen LogP) is 0.197. The number of piperidine rings is 1. The SMILES string of the molecule is CC(C)(N)CN1CCCC(OCCO)C1. The quantitative estimate of drug-likeness (QED) is 0.689. The molecular formula is C11H24N2O2. The van der Waals surface area contributed by atoms with Crippen LogP contribution in [0.1, 0.15) is 26.7 Å². The van der Waals surface area contributed by atoms with Crippen molar-refractivity contribution in [2.45, 2.75) is 38.3 Å². The zero-order valence-electron chi connectivity index (χ0n) is 9.91. The van der Waals surface area contributed by atoms with E-state index in [9.17, 15) is 0 Å². The van der Waals surface area contributed by atoms with E-state index in [1.165, 1.54) is 0 Å². The molecule has 1 fully saturated rings. The summed E-state index contributed by atoms with van der Waals surface area (Å²) >= 11 is 0. The Kier molecular flexibility index (Phi) is 4.99. The number of hydrogen-bond donors (Lipinski definition) is 2. The van der Waals surface area contributed by atoms with Crippen LogP contribution in [0.3, 0.4) is 0 Å². The summed E-state index contributed by atoms with van der Waals surface area (Å²) in [5.74, 6) is 0. The molecule has 1 aliphatic rings. The molecule has 0 spiro atoms. The lowest BCUT2D eigenvalue weighted by Crippen LogP contribution is -2.50. The monoisotopic (exact) mass is 216 g/mol. The number of hydrogen-bond acceptors (Lipinski definition) is 4. The van der Waals surface area contributed by atoms with Crippen molar-refractivity contribution in [3.63, 3.8) is 0 Å². The van der Waals surface area contributed by atoms with Gasteiger partial charge in [-0.1, -0.05) is 0 Å². The highest BCUT2D eigenvalue weighted by atomic mass is 16.5. The number of rotatable bonds is 5. The van der Waals surface area contributed by atoms with Crippen LogP contribution in [0, 0.1) is 0 Å². The molecule has 0 radical (unpaired) electrons. The van der Waals surface area contributed by atoms with Gasteiger partial charge < -0.3 is 15.6 Å². The van der Waals surface area contributed by atoms with Crippen LogP contribution < -0.4 is 5.73 Å². The van der Waals surface area contributed by atoms with E-state index < -0.39 is 0 Å². The van der Waals surface area contributed by atoms with Gasteiger partial charge in [0.2, 0.25) is 0 Å². The molecule has 1 heterocycles. The van der Waals surface area contributed by atoms with E-state index in [4.69, 9.17) is 15.6 Å². The number of ether oxygens (including phenoxy) is 1. The van der Waals surface area contributed by atoms with Gasteiger partial charge in [-0.15, -0.1) is 0 Å². The minimum Gasteiger partial charge on any atom is -0.394 e. The molecule has 4 nitrogen and oxygen atoms in total. The fourth-order valence-corrected chi connectivity index (χ4v) is 2.09. The van der Waals surface area contributed by atoms with Gasteiger partial charge in [0.15, 0.2) is 0 Å². The minimum atomic E-state index is -0.140. The van der Waals surface area contributed by atoms with Gasteiger partial charge in [-0.2, -0.15) is 0 Å². The number of nitrogens with two attached hydrogens (primary N) is 1. The van der Waals surface area contributed by atoms with Crippen molar-refractivity contribution in [3.05, 3.63) is 0 Å². The summed E-state index contributed by atoms with van der Waals surface area (Å²) in [6, 6.07) is 0. The zero-order valence-corrected chi connectivity index (χ0v) is 9.91. The molecule has 15 heavy (non-hydrogen) atoms.